The Hall–Kier alpha value is -2.41. The van der Waals surface area contributed by atoms with Crippen LogP contribution >= 0.6 is 0 Å². The highest BCUT2D eigenvalue weighted by Gasteiger charge is 2.25. The van der Waals surface area contributed by atoms with Crippen LogP contribution in [-0.2, 0) is 14.4 Å². The second-order valence-corrected chi connectivity index (χ2v) is 6.67. The number of benzene rings is 1. The number of hydrogen-bond donors (Lipinski definition) is 3. The third-order valence-electron chi connectivity index (χ3n) is 4.17. The molecule has 7 heteroatoms. The van der Waals surface area contributed by atoms with Crippen LogP contribution in [0.1, 0.15) is 39.3 Å². The lowest BCUT2D eigenvalue weighted by molar-refractivity contribution is -0.143. The Morgan fingerprint density at radius 2 is 1.73 bits per heavy atom. The Morgan fingerprint density at radius 3 is 2.23 bits per heavy atom. The minimum atomic E-state index is -1.01. The van der Waals surface area contributed by atoms with Crippen LogP contribution in [0.25, 0.3) is 0 Å². The summed E-state index contributed by atoms with van der Waals surface area (Å²) in [6.45, 7) is 7.47. The van der Waals surface area contributed by atoms with E-state index in [4.69, 9.17) is 0 Å². The van der Waals surface area contributed by atoms with E-state index in [0.29, 0.717) is 0 Å². The fraction of sp³-hybridized carbons (Fsp3) is 0.526. The van der Waals surface area contributed by atoms with Crippen molar-refractivity contribution in [1.29, 1.82) is 0 Å². The SMILES string of the molecule is CC(=O)NCCN(CC(=O)NC(c1ccccc1)C(C)C)C(C)C(=O)O. The molecule has 0 aliphatic rings. The van der Waals surface area contributed by atoms with Crippen LogP contribution in [0.5, 0.6) is 0 Å². The molecule has 3 N–H and O–H groups in total. The number of nitrogens with one attached hydrogen (secondary N) is 2. The van der Waals surface area contributed by atoms with Gasteiger partial charge in [-0.2, -0.15) is 0 Å². The molecule has 0 spiro atoms. The molecule has 26 heavy (non-hydrogen) atoms. The quantitative estimate of drug-likeness (QED) is 0.584. The topological polar surface area (TPSA) is 98.7 Å². The van der Waals surface area contributed by atoms with E-state index in [1.807, 2.05) is 44.2 Å². The molecular formula is C19H29N3O4. The minimum Gasteiger partial charge on any atom is -0.480 e. The summed E-state index contributed by atoms with van der Waals surface area (Å²) >= 11 is 0. The Morgan fingerprint density at radius 1 is 1.12 bits per heavy atom. The Balaban J connectivity index is 2.77. The van der Waals surface area contributed by atoms with E-state index in [1.54, 1.807) is 0 Å². The summed E-state index contributed by atoms with van der Waals surface area (Å²) in [5.74, 6) is -1.26. The molecule has 144 valence electrons. The lowest BCUT2D eigenvalue weighted by Crippen LogP contribution is -2.48. The van der Waals surface area contributed by atoms with Gasteiger partial charge >= 0.3 is 5.97 Å². The van der Waals surface area contributed by atoms with Crippen LogP contribution < -0.4 is 10.6 Å². The molecule has 0 bridgehead atoms. The summed E-state index contributed by atoms with van der Waals surface area (Å²) in [4.78, 5) is 36.4. The molecule has 0 aliphatic carbocycles. The summed E-state index contributed by atoms with van der Waals surface area (Å²) in [6, 6.07) is 8.69. The van der Waals surface area contributed by atoms with Crippen LogP contribution in [0.4, 0.5) is 0 Å². The normalized spacial score (nSPS) is 13.3. The molecule has 0 aromatic heterocycles. The van der Waals surface area contributed by atoms with Crippen LogP contribution in [0.2, 0.25) is 0 Å². The molecule has 7 nitrogen and oxygen atoms in total. The summed E-state index contributed by atoms with van der Waals surface area (Å²) in [7, 11) is 0. The molecule has 2 amide bonds. The molecule has 0 saturated carbocycles. The first kappa shape index (κ1) is 21.6. The maximum atomic E-state index is 12.5. The van der Waals surface area contributed by atoms with Gasteiger partial charge in [-0.3, -0.25) is 19.3 Å². The molecular weight excluding hydrogens is 334 g/mol. The van der Waals surface area contributed by atoms with E-state index >= 15 is 0 Å². The zero-order valence-corrected chi connectivity index (χ0v) is 15.9. The van der Waals surface area contributed by atoms with Crippen molar-refractivity contribution in [2.45, 2.75) is 39.8 Å². The van der Waals surface area contributed by atoms with Crippen molar-refractivity contribution in [1.82, 2.24) is 15.5 Å². The van der Waals surface area contributed by atoms with E-state index in [-0.39, 0.29) is 43.4 Å². The van der Waals surface area contributed by atoms with E-state index < -0.39 is 12.0 Å². The highest BCUT2D eigenvalue weighted by atomic mass is 16.4. The highest BCUT2D eigenvalue weighted by Crippen LogP contribution is 2.21. The van der Waals surface area contributed by atoms with Gasteiger partial charge in [0.25, 0.3) is 0 Å². The first-order valence-electron chi connectivity index (χ1n) is 8.78. The summed E-state index contributed by atoms with van der Waals surface area (Å²) in [5.41, 5.74) is 1.01. The number of carboxylic acid groups (broad SMARTS) is 1. The number of carbonyl (C=O) groups is 3. The Labute approximate surface area is 154 Å². The molecule has 0 saturated heterocycles. The first-order chi connectivity index (χ1) is 12.2. The lowest BCUT2D eigenvalue weighted by Gasteiger charge is -2.28. The predicted octanol–water partition coefficient (Wildman–Crippen LogP) is 1.41. The summed E-state index contributed by atoms with van der Waals surface area (Å²) < 4.78 is 0. The van der Waals surface area contributed by atoms with Gasteiger partial charge in [-0.25, -0.2) is 0 Å². The lowest BCUT2D eigenvalue weighted by atomic mass is 9.96. The number of rotatable bonds is 10. The zero-order valence-electron chi connectivity index (χ0n) is 15.9. The second-order valence-electron chi connectivity index (χ2n) is 6.67. The van der Waals surface area contributed by atoms with Gasteiger partial charge < -0.3 is 15.7 Å². The van der Waals surface area contributed by atoms with Gasteiger partial charge in [-0.15, -0.1) is 0 Å². The van der Waals surface area contributed by atoms with E-state index in [9.17, 15) is 19.5 Å². The van der Waals surface area contributed by atoms with Gasteiger partial charge in [0.15, 0.2) is 0 Å². The van der Waals surface area contributed by atoms with E-state index in [0.717, 1.165) is 5.56 Å². The smallest absolute Gasteiger partial charge is 0.320 e. The van der Waals surface area contributed by atoms with Crippen LogP contribution in [0.3, 0.4) is 0 Å². The molecule has 0 aliphatic heterocycles. The fourth-order valence-corrected chi connectivity index (χ4v) is 2.64. The molecule has 0 radical (unpaired) electrons. The second kappa shape index (κ2) is 10.6. The molecule has 0 fully saturated rings. The maximum absolute atomic E-state index is 12.5. The van der Waals surface area contributed by atoms with Crippen LogP contribution in [0.15, 0.2) is 30.3 Å². The van der Waals surface area contributed by atoms with Crippen molar-refractivity contribution >= 4 is 17.8 Å². The monoisotopic (exact) mass is 363 g/mol. The van der Waals surface area contributed by atoms with Gasteiger partial charge in [-0.1, -0.05) is 44.2 Å². The average Bonchev–Trinajstić information content (AvgIpc) is 2.58. The third-order valence-corrected chi connectivity index (χ3v) is 4.17. The van der Waals surface area contributed by atoms with Crippen molar-refractivity contribution in [3.05, 3.63) is 35.9 Å². The number of hydrogen-bond acceptors (Lipinski definition) is 4. The summed E-state index contributed by atoms with van der Waals surface area (Å²) in [5, 5.41) is 14.9. The zero-order chi connectivity index (χ0) is 19.7. The van der Waals surface area contributed by atoms with Crippen LogP contribution in [-0.4, -0.2) is 53.5 Å². The predicted molar refractivity (Wildman–Crippen MR) is 99.5 cm³/mol. The first-order valence-corrected chi connectivity index (χ1v) is 8.78. The van der Waals surface area contributed by atoms with Gasteiger partial charge in [0.05, 0.1) is 12.6 Å². The van der Waals surface area contributed by atoms with Crippen molar-refractivity contribution in [2.24, 2.45) is 5.92 Å². The fourth-order valence-electron chi connectivity index (χ4n) is 2.64. The number of carboxylic acids is 1. The number of carbonyl (C=O) groups excluding carboxylic acids is 2. The third kappa shape index (κ3) is 7.23. The summed E-state index contributed by atoms with van der Waals surface area (Å²) in [6.07, 6.45) is 0. The molecule has 1 aromatic rings. The number of nitrogens with zero attached hydrogens (tertiary/aromatic N) is 1. The molecule has 1 aromatic carbocycles. The Bertz CT molecular complexity index is 604. The van der Waals surface area contributed by atoms with Gasteiger partial charge in [0.1, 0.15) is 6.04 Å². The highest BCUT2D eigenvalue weighted by molar-refractivity contribution is 5.80. The van der Waals surface area contributed by atoms with Gasteiger partial charge in [-0.05, 0) is 18.4 Å². The van der Waals surface area contributed by atoms with Gasteiger partial charge in [0.2, 0.25) is 11.8 Å². The number of aliphatic carboxylic acids is 1. The standard InChI is InChI=1S/C19H29N3O4/c1-13(2)18(16-8-6-5-7-9-16)21-17(24)12-22(14(3)19(25)26)11-10-20-15(4)23/h5-9,13-14,18H,10-12H2,1-4H3,(H,20,23)(H,21,24)(H,25,26). The average molecular weight is 363 g/mol. The van der Waals surface area contributed by atoms with Gasteiger partial charge in [0, 0.05) is 20.0 Å². The molecule has 1 rings (SSSR count). The van der Waals surface area contributed by atoms with Crippen molar-refractivity contribution < 1.29 is 19.5 Å². The Kier molecular flexibility index (Phi) is 8.78. The molecule has 2 atom stereocenters. The number of amides is 2. The van der Waals surface area contributed by atoms with Crippen molar-refractivity contribution in [3.8, 4) is 0 Å². The molecule has 2 unspecified atom stereocenters. The van der Waals surface area contributed by atoms with Crippen molar-refractivity contribution in [3.63, 3.8) is 0 Å². The minimum absolute atomic E-state index is 0.0525. The molecule has 0 heterocycles. The van der Waals surface area contributed by atoms with E-state index in [2.05, 4.69) is 10.6 Å². The maximum Gasteiger partial charge on any atom is 0.320 e. The largest absolute Gasteiger partial charge is 0.480 e. The van der Waals surface area contributed by atoms with E-state index in [1.165, 1.54) is 18.7 Å². The van der Waals surface area contributed by atoms with Crippen molar-refractivity contribution in [2.75, 3.05) is 19.6 Å². The van der Waals surface area contributed by atoms with Crippen LogP contribution in [0, 0.1) is 5.92 Å².